The monoisotopic (exact) mass is 259 g/mol. The Morgan fingerprint density at radius 3 is 2.55 bits per heavy atom. The molecule has 0 saturated carbocycles. The number of nitrogens with one attached hydrogen (secondary N) is 1. The smallest absolute Gasteiger partial charge is 0.0467 e. The first-order valence-corrected chi connectivity index (χ1v) is 6.76. The molecule has 98 valence electrons. The van der Waals surface area contributed by atoms with Crippen LogP contribution in [0.1, 0.15) is 11.3 Å². The van der Waals surface area contributed by atoms with E-state index >= 15 is 0 Å². The molecule has 1 heteroatoms. The Morgan fingerprint density at radius 1 is 1.00 bits per heavy atom. The first kappa shape index (κ1) is 12.5. The molecule has 0 amide bonds. The van der Waals surface area contributed by atoms with E-state index in [1.54, 1.807) is 6.08 Å². The zero-order chi connectivity index (χ0) is 13.9. The van der Waals surface area contributed by atoms with Crippen molar-refractivity contribution < 1.29 is 0 Å². The Balaban J connectivity index is 2.12. The van der Waals surface area contributed by atoms with Gasteiger partial charge in [-0.25, -0.2) is 0 Å². The van der Waals surface area contributed by atoms with Crippen LogP contribution in [-0.2, 0) is 0 Å². The van der Waals surface area contributed by atoms with Crippen LogP contribution >= 0.6 is 0 Å². The van der Waals surface area contributed by atoms with Crippen molar-refractivity contribution in [1.29, 1.82) is 0 Å². The van der Waals surface area contributed by atoms with Gasteiger partial charge in [-0.15, -0.1) is 0 Å². The normalized spacial score (nSPS) is 11.2. The van der Waals surface area contributed by atoms with Crippen LogP contribution in [-0.4, -0.2) is 4.98 Å². The molecule has 1 N–H and O–H groups in total. The molecule has 0 spiro atoms. The van der Waals surface area contributed by atoms with E-state index in [2.05, 4.69) is 67.0 Å². The number of allylic oxidation sites excluding steroid dienone is 2. The zero-order valence-corrected chi connectivity index (χ0v) is 11.6. The van der Waals surface area contributed by atoms with Gasteiger partial charge in [-0.2, -0.15) is 0 Å². The Labute approximate surface area is 119 Å². The van der Waals surface area contributed by atoms with E-state index in [1.807, 2.05) is 12.1 Å². The molecule has 0 aliphatic rings. The van der Waals surface area contributed by atoms with Crippen molar-refractivity contribution in [3.8, 4) is 11.1 Å². The van der Waals surface area contributed by atoms with Crippen molar-refractivity contribution in [2.24, 2.45) is 0 Å². The molecular weight excluding hydrogens is 242 g/mol. The Morgan fingerprint density at radius 2 is 1.80 bits per heavy atom. The van der Waals surface area contributed by atoms with Gasteiger partial charge >= 0.3 is 0 Å². The summed E-state index contributed by atoms with van der Waals surface area (Å²) in [5.41, 5.74) is 6.07. The maximum absolute atomic E-state index is 3.71. The fraction of sp³-hybridized carbons (Fsp3) is 0.0526. The molecule has 1 heterocycles. The van der Waals surface area contributed by atoms with Gasteiger partial charge in [0.05, 0.1) is 0 Å². The molecule has 0 aliphatic carbocycles. The summed E-state index contributed by atoms with van der Waals surface area (Å²) in [5, 5.41) is 1.27. The molecule has 1 nitrogen and oxygen atoms in total. The van der Waals surface area contributed by atoms with Gasteiger partial charge in [0.15, 0.2) is 0 Å². The van der Waals surface area contributed by atoms with E-state index in [0.717, 1.165) is 5.69 Å². The van der Waals surface area contributed by atoms with Gasteiger partial charge in [0, 0.05) is 16.6 Å². The second-order valence-electron chi connectivity index (χ2n) is 4.88. The van der Waals surface area contributed by atoms with Crippen LogP contribution in [0.5, 0.6) is 0 Å². The summed E-state index contributed by atoms with van der Waals surface area (Å²) in [4.78, 5) is 3.47. The van der Waals surface area contributed by atoms with E-state index in [1.165, 1.54) is 27.6 Å². The molecule has 0 radical (unpaired) electrons. The predicted octanol–water partition coefficient (Wildman–Crippen LogP) is 5.34. The van der Waals surface area contributed by atoms with Gasteiger partial charge in [-0.1, -0.05) is 61.2 Å². The number of H-pyrrole nitrogens is 1. The summed E-state index contributed by atoms with van der Waals surface area (Å²) < 4.78 is 0. The maximum atomic E-state index is 3.71. The minimum atomic E-state index is 1.14. The van der Waals surface area contributed by atoms with Gasteiger partial charge in [0.25, 0.3) is 0 Å². The standard InChI is InChI=1S/C19H17N/c1-3-4-10-18-14(2)17-12-11-16(13-19(17)20-18)15-8-6-5-7-9-15/h3-13,20H,1H2,2H3/b10-4-. The lowest BCUT2D eigenvalue weighted by Gasteiger charge is -2.01. The third-order valence-corrected chi connectivity index (χ3v) is 3.60. The molecule has 0 bridgehead atoms. The highest BCUT2D eigenvalue weighted by Crippen LogP contribution is 2.28. The van der Waals surface area contributed by atoms with Crippen molar-refractivity contribution in [2.45, 2.75) is 6.92 Å². The maximum Gasteiger partial charge on any atom is 0.0467 e. The summed E-state index contributed by atoms with van der Waals surface area (Å²) in [5.74, 6) is 0. The molecule has 20 heavy (non-hydrogen) atoms. The van der Waals surface area contributed by atoms with Crippen LogP contribution in [0.25, 0.3) is 28.1 Å². The lowest BCUT2D eigenvalue weighted by Crippen LogP contribution is -1.77. The largest absolute Gasteiger partial charge is 0.355 e. The average Bonchev–Trinajstić information content (AvgIpc) is 2.82. The summed E-state index contributed by atoms with van der Waals surface area (Å²) in [6, 6.07) is 17.0. The lowest BCUT2D eigenvalue weighted by atomic mass is 10.0. The lowest BCUT2D eigenvalue weighted by molar-refractivity contribution is 1.38. The summed E-state index contributed by atoms with van der Waals surface area (Å²) in [6.45, 7) is 5.86. The van der Waals surface area contributed by atoms with Crippen LogP contribution < -0.4 is 0 Å². The SMILES string of the molecule is C=C/C=C\c1[nH]c2cc(-c3ccccc3)ccc2c1C. The molecule has 0 atom stereocenters. The van der Waals surface area contributed by atoms with Crippen molar-refractivity contribution >= 4 is 17.0 Å². The first-order chi connectivity index (χ1) is 9.79. The number of benzene rings is 2. The van der Waals surface area contributed by atoms with E-state index in [0.29, 0.717) is 0 Å². The van der Waals surface area contributed by atoms with Gasteiger partial charge in [-0.05, 0) is 35.8 Å². The second kappa shape index (κ2) is 5.22. The molecule has 0 fully saturated rings. The molecule has 3 rings (SSSR count). The highest BCUT2D eigenvalue weighted by Gasteiger charge is 2.06. The third-order valence-electron chi connectivity index (χ3n) is 3.60. The van der Waals surface area contributed by atoms with E-state index in [9.17, 15) is 0 Å². The fourth-order valence-corrected chi connectivity index (χ4v) is 2.50. The number of fused-ring (bicyclic) bond motifs is 1. The summed E-state index contributed by atoms with van der Waals surface area (Å²) >= 11 is 0. The molecule has 0 saturated heterocycles. The van der Waals surface area contributed by atoms with Gasteiger partial charge < -0.3 is 4.98 Å². The zero-order valence-electron chi connectivity index (χ0n) is 11.6. The van der Waals surface area contributed by atoms with Crippen molar-refractivity contribution in [3.63, 3.8) is 0 Å². The molecule has 0 unspecified atom stereocenters. The molecule has 1 aromatic heterocycles. The Hall–Kier alpha value is -2.54. The Bertz CT molecular complexity index is 776. The topological polar surface area (TPSA) is 15.8 Å². The number of aromatic amines is 1. The quantitative estimate of drug-likeness (QED) is 0.611. The van der Waals surface area contributed by atoms with Gasteiger partial charge in [-0.3, -0.25) is 0 Å². The van der Waals surface area contributed by atoms with Crippen molar-refractivity contribution in [1.82, 2.24) is 4.98 Å². The van der Waals surface area contributed by atoms with Crippen molar-refractivity contribution in [2.75, 3.05) is 0 Å². The highest BCUT2D eigenvalue weighted by molar-refractivity contribution is 5.90. The number of rotatable bonds is 3. The van der Waals surface area contributed by atoms with E-state index < -0.39 is 0 Å². The molecular formula is C19H17N. The second-order valence-corrected chi connectivity index (χ2v) is 4.88. The molecule has 3 aromatic rings. The van der Waals surface area contributed by atoms with Gasteiger partial charge in [0.2, 0.25) is 0 Å². The van der Waals surface area contributed by atoms with Crippen LogP contribution in [0.3, 0.4) is 0 Å². The van der Waals surface area contributed by atoms with Crippen LogP contribution in [0.15, 0.2) is 67.3 Å². The minimum absolute atomic E-state index is 1.14. The number of hydrogen-bond acceptors (Lipinski definition) is 0. The third kappa shape index (κ3) is 2.19. The van der Waals surface area contributed by atoms with Crippen LogP contribution in [0.4, 0.5) is 0 Å². The number of aromatic nitrogens is 1. The van der Waals surface area contributed by atoms with Gasteiger partial charge in [0.1, 0.15) is 0 Å². The van der Waals surface area contributed by atoms with Crippen molar-refractivity contribution in [3.05, 3.63) is 78.5 Å². The molecule has 0 aliphatic heterocycles. The van der Waals surface area contributed by atoms with Crippen LogP contribution in [0, 0.1) is 6.92 Å². The summed E-state index contributed by atoms with van der Waals surface area (Å²) in [6.07, 6.45) is 5.81. The Kier molecular flexibility index (Phi) is 3.26. The summed E-state index contributed by atoms with van der Waals surface area (Å²) in [7, 11) is 0. The predicted molar refractivity (Wildman–Crippen MR) is 87.7 cm³/mol. The minimum Gasteiger partial charge on any atom is -0.355 e. The van der Waals surface area contributed by atoms with E-state index in [-0.39, 0.29) is 0 Å². The fourth-order valence-electron chi connectivity index (χ4n) is 2.50. The molecule has 2 aromatic carbocycles. The average molecular weight is 259 g/mol. The highest BCUT2D eigenvalue weighted by atomic mass is 14.7. The first-order valence-electron chi connectivity index (χ1n) is 6.76. The number of hydrogen-bond donors (Lipinski definition) is 1. The number of aryl methyl sites for hydroxylation is 1. The van der Waals surface area contributed by atoms with Crippen LogP contribution in [0.2, 0.25) is 0 Å². The van der Waals surface area contributed by atoms with E-state index in [4.69, 9.17) is 0 Å².